The topological polar surface area (TPSA) is 50.8 Å². The summed E-state index contributed by atoms with van der Waals surface area (Å²) in [5.41, 5.74) is 3.52. The summed E-state index contributed by atoms with van der Waals surface area (Å²) in [6.45, 7) is 8.02. The number of hydrogen-bond donors (Lipinski definition) is 1. The van der Waals surface area contributed by atoms with Crippen LogP contribution in [0.15, 0.2) is 42.5 Å². The number of rotatable bonds is 8. The van der Waals surface area contributed by atoms with E-state index < -0.39 is 0 Å². The number of nitrogens with one attached hydrogen (secondary N) is 1. The number of amides is 1. The molecule has 2 aromatic rings. The second-order valence-electron chi connectivity index (χ2n) is 7.95. The highest BCUT2D eigenvalue weighted by molar-refractivity contribution is 5.77. The molecule has 0 radical (unpaired) electrons. The molecule has 0 saturated carbocycles. The van der Waals surface area contributed by atoms with Crippen molar-refractivity contribution in [3.05, 3.63) is 59.2 Å². The maximum Gasteiger partial charge on any atom is 0.258 e. The van der Waals surface area contributed by atoms with E-state index in [1.807, 2.05) is 31.2 Å². The largest absolute Gasteiger partial charge is 0.493 e. The summed E-state index contributed by atoms with van der Waals surface area (Å²) >= 11 is 0. The number of carbonyl (C=O) groups excluding carboxylic acids is 1. The Bertz CT molecular complexity index is 814. The Morgan fingerprint density at radius 1 is 1.10 bits per heavy atom. The molecule has 1 aliphatic rings. The first-order valence-corrected chi connectivity index (χ1v) is 10.4. The number of methoxy groups -OCH3 is 1. The van der Waals surface area contributed by atoms with Crippen molar-refractivity contribution in [1.82, 2.24) is 10.2 Å². The number of nitrogens with zero attached hydrogens (tertiary/aromatic N) is 1. The van der Waals surface area contributed by atoms with E-state index in [0.29, 0.717) is 18.0 Å². The van der Waals surface area contributed by atoms with Crippen LogP contribution in [-0.2, 0) is 17.9 Å². The zero-order chi connectivity index (χ0) is 20.6. The molecule has 2 aromatic carbocycles. The fourth-order valence-electron chi connectivity index (χ4n) is 3.63. The van der Waals surface area contributed by atoms with Crippen LogP contribution in [0, 0.1) is 12.8 Å². The normalized spacial score (nSPS) is 15.1. The standard InChI is InChI=1S/C24H32N2O3/c1-18-10-12-26(13-11-18)16-21-7-5-4-6-20(21)15-25-24(27)17-29-22-9-8-19(2)14-23(22)28-3/h4-9,14,18H,10-13,15-17H2,1-3H3,(H,25,27). The van der Waals surface area contributed by atoms with Gasteiger partial charge in [-0.1, -0.05) is 37.3 Å². The number of piperidine rings is 1. The average molecular weight is 397 g/mol. The van der Waals surface area contributed by atoms with Crippen LogP contribution in [0.3, 0.4) is 0 Å². The van der Waals surface area contributed by atoms with Crippen LogP contribution in [0.1, 0.15) is 36.5 Å². The van der Waals surface area contributed by atoms with Crippen LogP contribution in [0.4, 0.5) is 0 Å². The molecule has 3 rings (SSSR count). The first-order valence-electron chi connectivity index (χ1n) is 10.4. The molecule has 1 aliphatic heterocycles. The highest BCUT2D eigenvalue weighted by Gasteiger charge is 2.17. The molecule has 156 valence electrons. The van der Waals surface area contributed by atoms with Gasteiger partial charge in [0.25, 0.3) is 5.91 Å². The summed E-state index contributed by atoms with van der Waals surface area (Å²) in [6, 6.07) is 14.0. The zero-order valence-electron chi connectivity index (χ0n) is 17.7. The van der Waals surface area contributed by atoms with Crippen molar-refractivity contribution in [1.29, 1.82) is 0 Å². The Morgan fingerprint density at radius 3 is 2.55 bits per heavy atom. The van der Waals surface area contributed by atoms with Gasteiger partial charge in [0.05, 0.1) is 7.11 Å². The smallest absolute Gasteiger partial charge is 0.258 e. The van der Waals surface area contributed by atoms with E-state index in [4.69, 9.17) is 9.47 Å². The van der Waals surface area contributed by atoms with Gasteiger partial charge < -0.3 is 14.8 Å². The van der Waals surface area contributed by atoms with Crippen molar-refractivity contribution in [3.63, 3.8) is 0 Å². The second kappa shape index (κ2) is 10.3. The minimum Gasteiger partial charge on any atom is -0.493 e. The molecular formula is C24H32N2O3. The minimum atomic E-state index is -0.144. The lowest BCUT2D eigenvalue weighted by Gasteiger charge is -2.30. The van der Waals surface area contributed by atoms with Crippen molar-refractivity contribution in [2.24, 2.45) is 5.92 Å². The van der Waals surface area contributed by atoms with Crippen LogP contribution in [-0.4, -0.2) is 37.6 Å². The van der Waals surface area contributed by atoms with E-state index in [9.17, 15) is 4.79 Å². The van der Waals surface area contributed by atoms with Gasteiger partial charge in [0.2, 0.25) is 0 Å². The lowest BCUT2D eigenvalue weighted by Crippen LogP contribution is -2.33. The Labute approximate surface area is 174 Å². The lowest BCUT2D eigenvalue weighted by molar-refractivity contribution is -0.123. The van der Waals surface area contributed by atoms with E-state index in [0.717, 1.165) is 36.7 Å². The minimum absolute atomic E-state index is 0.0361. The molecule has 0 aromatic heterocycles. The third-order valence-corrected chi connectivity index (χ3v) is 5.54. The van der Waals surface area contributed by atoms with Crippen LogP contribution >= 0.6 is 0 Å². The first-order chi connectivity index (χ1) is 14.0. The Hall–Kier alpha value is -2.53. The Balaban J connectivity index is 1.51. The molecule has 0 atom stereocenters. The van der Waals surface area contributed by atoms with E-state index in [1.54, 1.807) is 7.11 Å². The fourth-order valence-corrected chi connectivity index (χ4v) is 3.63. The van der Waals surface area contributed by atoms with E-state index in [1.165, 1.54) is 18.4 Å². The van der Waals surface area contributed by atoms with Crippen LogP contribution in [0.2, 0.25) is 0 Å². The van der Waals surface area contributed by atoms with Crippen molar-refractivity contribution in [2.45, 2.75) is 39.8 Å². The van der Waals surface area contributed by atoms with Crippen molar-refractivity contribution >= 4 is 5.91 Å². The number of carbonyl (C=O) groups is 1. The summed E-state index contributed by atoms with van der Waals surface area (Å²) in [4.78, 5) is 14.8. The van der Waals surface area contributed by atoms with Crippen molar-refractivity contribution in [3.8, 4) is 11.5 Å². The number of hydrogen-bond acceptors (Lipinski definition) is 4. The lowest BCUT2D eigenvalue weighted by atomic mass is 9.98. The zero-order valence-corrected chi connectivity index (χ0v) is 17.7. The van der Waals surface area contributed by atoms with Gasteiger partial charge >= 0.3 is 0 Å². The predicted molar refractivity (Wildman–Crippen MR) is 115 cm³/mol. The van der Waals surface area contributed by atoms with Gasteiger partial charge in [0.15, 0.2) is 18.1 Å². The van der Waals surface area contributed by atoms with Gasteiger partial charge in [-0.3, -0.25) is 9.69 Å². The van der Waals surface area contributed by atoms with Crippen molar-refractivity contribution < 1.29 is 14.3 Å². The van der Waals surface area contributed by atoms with Gasteiger partial charge in [-0.25, -0.2) is 0 Å². The Kier molecular flexibility index (Phi) is 7.53. The summed E-state index contributed by atoms with van der Waals surface area (Å²) < 4.78 is 11.0. The fraction of sp³-hybridized carbons (Fsp3) is 0.458. The van der Waals surface area contributed by atoms with Crippen molar-refractivity contribution in [2.75, 3.05) is 26.8 Å². The van der Waals surface area contributed by atoms with Gasteiger partial charge in [-0.05, 0) is 67.6 Å². The molecule has 0 unspecified atom stereocenters. The monoisotopic (exact) mass is 396 g/mol. The summed E-state index contributed by atoms with van der Waals surface area (Å²) in [6.07, 6.45) is 2.53. The van der Waals surface area contributed by atoms with E-state index >= 15 is 0 Å². The molecule has 1 N–H and O–H groups in total. The number of benzene rings is 2. The van der Waals surface area contributed by atoms with Gasteiger partial charge in [0, 0.05) is 13.1 Å². The molecule has 0 bridgehead atoms. The third-order valence-electron chi connectivity index (χ3n) is 5.54. The molecule has 0 spiro atoms. The maximum atomic E-state index is 12.3. The van der Waals surface area contributed by atoms with Gasteiger partial charge in [-0.15, -0.1) is 0 Å². The molecule has 5 heteroatoms. The van der Waals surface area contributed by atoms with Crippen LogP contribution < -0.4 is 14.8 Å². The Morgan fingerprint density at radius 2 is 1.83 bits per heavy atom. The molecule has 0 aliphatic carbocycles. The van der Waals surface area contributed by atoms with Gasteiger partial charge in [-0.2, -0.15) is 0 Å². The maximum absolute atomic E-state index is 12.3. The SMILES string of the molecule is COc1cc(C)ccc1OCC(=O)NCc1ccccc1CN1CCC(C)CC1. The molecular weight excluding hydrogens is 364 g/mol. The highest BCUT2D eigenvalue weighted by Crippen LogP contribution is 2.27. The number of likely N-dealkylation sites (tertiary alicyclic amines) is 1. The van der Waals surface area contributed by atoms with Crippen LogP contribution in [0.5, 0.6) is 11.5 Å². The van der Waals surface area contributed by atoms with E-state index in [-0.39, 0.29) is 12.5 Å². The number of aryl methyl sites for hydroxylation is 1. The molecule has 1 heterocycles. The molecule has 29 heavy (non-hydrogen) atoms. The first kappa shape index (κ1) is 21.2. The second-order valence-corrected chi connectivity index (χ2v) is 7.95. The van der Waals surface area contributed by atoms with Gasteiger partial charge in [0.1, 0.15) is 0 Å². The third kappa shape index (κ3) is 6.23. The quantitative estimate of drug-likeness (QED) is 0.735. The van der Waals surface area contributed by atoms with Crippen LogP contribution in [0.25, 0.3) is 0 Å². The summed E-state index contributed by atoms with van der Waals surface area (Å²) in [5, 5.41) is 2.98. The van der Waals surface area contributed by atoms with E-state index in [2.05, 4.69) is 35.3 Å². The highest BCUT2D eigenvalue weighted by atomic mass is 16.5. The molecule has 1 saturated heterocycles. The molecule has 1 fully saturated rings. The average Bonchev–Trinajstić information content (AvgIpc) is 2.73. The molecule has 1 amide bonds. The molecule has 5 nitrogen and oxygen atoms in total. The summed E-state index contributed by atoms with van der Waals surface area (Å²) in [5.74, 6) is 1.90. The number of ether oxygens (including phenoxy) is 2. The summed E-state index contributed by atoms with van der Waals surface area (Å²) in [7, 11) is 1.60. The predicted octanol–water partition coefficient (Wildman–Crippen LogP) is 3.93.